The van der Waals surface area contributed by atoms with E-state index in [2.05, 4.69) is 0 Å². The van der Waals surface area contributed by atoms with Crippen LogP contribution >= 0.6 is 11.8 Å². The molecule has 0 radical (unpaired) electrons. The minimum atomic E-state index is -4.41. The molecule has 3 rings (SSSR count). The van der Waals surface area contributed by atoms with E-state index in [1.165, 1.54) is 17.8 Å². The number of carbonyl (C=O) groups is 2. The smallest absolute Gasteiger partial charge is 0.345 e. The molecule has 1 saturated heterocycles. The number of halogens is 3. The molecular formula is C20H25F3N2O2S. The third-order valence-electron chi connectivity index (χ3n) is 5.47. The zero-order valence-electron chi connectivity index (χ0n) is 16.0. The highest BCUT2D eigenvalue weighted by molar-refractivity contribution is 8.01. The van der Waals surface area contributed by atoms with Gasteiger partial charge in [0.1, 0.15) is 5.37 Å². The van der Waals surface area contributed by atoms with Crippen LogP contribution in [0.2, 0.25) is 0 Å². The molecule has 1 heterocycles. The molecule has 1 saturated carbocycles. The largest absolute Gasteiger partial charge is 0.416 e. The van der Waals surface area contributed by atoms with Crippen LogP contribution in [0.15, 0.2) is 24.3 Å². The number of amides is 2. The van der Waals surface area contributed by atoms with Gasteiger partial charge in [0.25, 0.3) is 0 Å². The zero-order valence-corrected chi connectivity index (χ0v) is 16.9. The molecule has 0 unspecified atom stereocenters. The molecule has 1 aromatic rings. The Morgan fingerprint density at radius 3 is 2.64 bits per heavy atom. The van der Waals surface area contributed by atoms with Crippen LogP contribution in [0, 0.1) is 5.92 Å². The average Bonchev–Trinajstić information content (AvgIpc) is 2.88. The summed E-state index contributed by atoms with van der Waals surface area (Å²) in [5, 5.41) is -0.730. The molecule has 0 aromatic heterocycles. The number of hydrogen-bond donors (Lipinski definition) is 0. The topological polar surface area (TPSA) is 40.6 Å². The zero-order chi connectivity index (χ0) is 20.5. The van der Waals surface area contributed by atoms with E-state index in [0.29, 0.717) is 25.1 Å². The summed E-state index contributed by atoms with van der Waals surface area (Å²) >= 11 is 1.37. The first-order valence-electron chi connectivity index (χ1n) is 9.56. The van der Waals surface area contributed by atoms with E-state index >= 15 is 0 Å². The summed E-state index contributed by atoms with van der Waals surface area (Å²) in [6.07, 6.45) is -0.826. The van der Waals surface area contributed by atoms with Gasteiger partial charge in [-0.25, -0.2) is 0 Å². The molecule has 1 aliphatic carbocycles. The first-order chi connectivity index (χ1) is 13.2. The Balaban J connectivity index is 1.65. The minimum Gasteiger partial charge on any atom is -0.345 e. The van der Waals surface area contributed by atoms with E-state index in [1.807, 2.05) is 0 Å². The van der Waals surface area contributed by atoms with Gasteiger partial charge in [-0.05, 0) is 43.9 Å². The van der Waals surface area contributed by atoms with Crippen molar-refractivity contribution in [2.24, 2.45) is 5.92 Å². The summed E-state index contributed by atoms with van der Waals surface area (Å²) in [5.74, 6) is 0.211. The quantitative estimate of drug-likeness (QED) is 0.696. The lowest BCUT2D eigenvalue weighted by atomic mass is 9.84. The van der Waals surface area contributed by atoms with E-state index in [-0.39, 0.29) is 23.0 Å². The lowest BCUT2D eigenvalue weighted by Gasteiger charge is -2.30. The lowest BCUT2D eigenvalue weighted by Crippen LogP contribution is -2.38. The van der Waals surface area contributed by atoms with Gasteiger partial charge in [0.05, 0.1) is 10.8 Å². The van der Waals surface area contributed by atoms with Crippen LogP contribution in [0.4, 0.5) is 13.2 Å². The molecule has 2 aliphatic rings. The second-order valence-corrected chi connectivity index (χ2v) is 8.95. The fourth-order valence-corrected chi connectivity index (χ4v) is 4.88. The van der Waals surface area contributed by atoms with Crippen molar-refractivity contribution in [1.29, 1.82) is 0 Å². The van der Waals surface area contributed by atoms with Crippen LogP contribution in [0.1, 0.15) is 49.1 Å². The molecule has 0 bridgehead atoms. The summed E-state index contributed by atoms with van der Waals surface area (Å²) in [6.45, 7) is 2.73. The van der Waals surface area contributed by atoms with E-state index < -0.39 is 17.1 Å². The van der Waals surface area contributed by atoms with Gasteiger partial charge >= 0.3 is 6.18 Å². The van der Waals surface area contributed by atoms with Gasteiger partial charge < -0.3 is 9.80 Å². The first-order valence-corrected chi connectivity index (χ1v) is 10.5. The SMILES string of the molecule is C[C@@H]1S[C@H](c2cccc(C(F)(F)F)c2)N(CCCN(C)C(=O)C2CCC2)C1=O. The minimum absolute atomic E-state index is 0.0691. The molecule has 2 amide bonds. The maximum atomic E-state index is 13.0. The van der Waals surface area contributed by atoms with Gasteiger partial charge in [0, 0.05) is 26.1 Å². The summed E-state index contributed by atoms with van der Waals surface area (Å²) in [5.41, 5.74) is -0.222. The van der Waals surface area contributed by atoms with Crippen molar-refractivity contribution in [1.82, 2.24) is 9.80 Å². The van der Waals surface area contributed by atoms with Crippen LogP contribution in [-0.4, -0.2) is 47.0 Å². The molecule has 1 aliphatic heterocycles. The van der Waals surface area contributed by atoms with Crippen molar-refractivity contribution in [3.63, 3.8) is 0 Å². The normalized spacial score (nSPS) is 23.0. The average molecular weight is 414 g/mol. The van der Waals surface area contributed by atoms with E-state index in [9.17, 15) is 22.8 Å². The number of rotatable bonds is 6. The van der Waals surface area contributed by atoms with Crippen molar-refractivity contribution >= 4 is 23.6 Å². The Morgan fingerprint density at radius 1 is 1.32 bits per heavy atom. The van der Waals surface area contributed by atoms with Gasteiger partial charge in [0.15, 0.2) is 0 Å². The van der Waals surface area contributed by atoms with Crippen molar-refractivity contribution in [2.45, 2.75) is 49.4 Å². The second-order valence-electron chi connectivity index (χ2n) is 7.53. The van der Waals surface area contributed by atoms with Gasteiger partial charge in [0.2, 0.25) is 11.8 Å². The van der Waals surface area contributed by atoms with Crippen LogP contribution in [0.3, 0.4) is 0 Å². The van der Waals surface area contributed by atoms with Crippen molar-refractivity contribution in [3.8, 4) is 0 Å². The third-order valence-corrected chi connectivity index (χ3v) is 6.86. The predicted molar refractivity (Wildman–Crippen MR) is 103 cm³/mol. The Hall–Kier alpha value is -1.70. The summed E-state index contributed by atoms with van der Waals surface area (Å²) in [7, 11) is 1.77. The molecule has 2 fully saturated rings. The summed E-state index contributed by atoms with van der Waals surface area (Å²) in [6, 6.07) is 5.19. The lowest BCUT2D eigenvalue weighted by molar-refractivity contribution is -0.138. The van der Waals surface area contributed by atoms with Crippen LogP contribution in [-0.2, 0) is 15.8 Å². The molecule has 1 aromatic carbocycles. The first kappa shape index (κ1) is 21.0. The van der Waals surface area contributed by atoms with E-state index in [1.54, 1.807) is 29.8 Å². The van der Waals surface area contributed by atoms with Crippen LogP contribution < -0.4 is 0 Å². The summed E-state index contributed by atoms with van der Waals surface area (Å²) < 4.78 is 39.1. The molecule has 154 valence electrons. The maximum Gasteiger partial charge on any atom is 0.416 e. The molecular weight excluding hydrogens is 389 g/mol. The highest BCUT2D eigenvalue weighted by Gasteiger charge is 2.39. The van der Waals surface area contributed by atoms with Crippen molar-refractivity contribution in [3.05, 3.63) is 35.4 Å². The molecule has 0 spiro atoms. The standard InChI is InChI=1S/C20H25F3N2O2S/c1-13-17(26)25(11-5-10-24(2)18(27)14-6-3-7-14)19(28-13)15-8-4-9-16(12-15)20(21,22)23/h4,8-9,12-14,19H,3,5-7,10-11H2,1-2H3/t13-,19+/m0/s1. The fourth-order valence-electron chi connectivity index (χ4n) is 3.58. The molecule has 2 atom stereocenters. The fraction of sp³-hybridized carbons (Fsp3) is 0.600. The Kier molecular flexibility index (Phi) is 6.27. The number of alkyl halides is 3. The number of benzene rings is 1. The van der Waals surface area contributed by atoms with Crippen molar-refractivity contribution < 1.29 is 22.8 Å². The van der Waals surface area contributed by atoms with Gasteiger partial charge in [-0.1, -0.05) is 18.6 Å². The van der Waals surface area contributed by atoms with Crippen LogP contribution in [0.25, 0.3) is 0 Å². The van der Waals surface area contributed by atoms with E-state index in [0.717, 1.165) is 31.4 Å². The molecule has 8 heteroatoms. The van der Waals surface area contributed by atoms with Gasteiger partial charge in [-0.2, -0.15) is 13.2 Å². The second kappa shape index (κ2) is 8.35. The molecule has 28 heavy (non-hydrogen) atoms. The highest BCUT2D eigenvalue weighted by Crippen LogP contribution is 2.44. The van der Waals surface area contributed by atoms with E-state index in [4.69, 9.17) is 0 Å². The van der Waals surface area contributed by atoms with Crippen molar-refractivity contribution in [2.75, 3.05) is 20.1 Å². The Labute approximate surface area is 167 Å². The molecule has 0 N–H and O–H groups in total. The number of thioether (sulfide) groups is 1. The Morgan fingerprint density at radius 2 is 2.04 bits per heavy atom. The number of hydrogen-bond acceptors (Lipinski definition) is 3. The Bertz CT molecular complexity index is 736. The van der Waals surface area contributed by atoms with Crippen LogP contribution in [0.5, 0.6) is 0 Å². The van der Waals surface area contributed by atoms with Gasteiger partial charge in [-0.15, -0.1) is 11.8 Å². The predicted octanol–water partition coefficient (Wildman–Crippen LogP) is 4.32. The summed E-state index contributed by atoms with van der Waals surface area (Å²) in [4.78, 5) is 28.1. The maximum absolute atomic E-state index is 13.0. The molecule has 4 nitrogen and oxygen atoms in total. The highest BCUT2D eigenvalue weighted by atomic mass is 32.2. The monoisotopic (exact) mass is 414 g/mol. The number of carbonyl (C=O) groups excluding carboxylic acids is 2. The van der Waals surface area contributed by atoms with Gasteiger partial charge in [-0.3, -0.25) is 9.59 Å². The third kappa shape index (κ3) is 4.47. The number of nitrogens with zero attached hydrogens (tertiary/aromatic N) is 2.